The molecule has 16 heavy (non-hydrogen) atoms. The SMILES string of the molecule is CCNC(c1ccc2c(c1)CCC2)C(C)C. The first-order valence-corrected chi connectivity index (χ1v) is 6.57. The highest BCUT2D eigenvalue weighted by molar-refractivity contribution is 5.36. The second kappa shape index (κ2) is 5.01. The molecule has 0 fully saturated rings. The number of hydrogen-bond donors (Lipinski definition) is 1. The molecule has 2 rings (SSSR count). The summed E-state index contributed by atoms with van der Waals surface area (Å²) in [6.45, 7) is 7.81. The van der Waals surface area contributed by atoms with Gasteiger partial charge < -0.3 is 5.32 Å². The van der Waals surface area contributed by atoms with Gasteiger partial charge in [-0.15, -0.1) is 0 Å². The van der Waals surface area contributed by atoms with E-state index in [9.17, 15) is 0 Å². The lowest BCUT2D eigenvalue weighted by molar-refractivity contribution is 0.421. The van der Waals surface area contributed by atoms with Crippen LogP contribution < -0.4 is 5.32 Å². The molecule has 88 valence electrons. The van der Waals surface area contributed by atoms with E-state index in [4.69, 9.17) is 0 Å². The Bertz CT molecular complexity index is 354. The molecule has 1 unspecified atom stereocenters. The summed E-state index contributed by atoms with van der Waals surface area (Å²) in [7, 11) is 0. The molecule has 1 aromatic carbocycles. The molecule has 1 atom stereocenters. The van der Waals surface area contributed by atoms with E-state index >= 15 is 0 Å². The van der Waals surface area contributed by atoms with Gasteiger partial charge in [-0.3, -0.25) is 0 Å². The van der Waals surface area contributed by atoms with Gasteiger partial charge in [-0.05, 0) is 48.4 Å². The van der Waals surface area contributed by atoms with Gasteiger partial charge in [0, 0.05) is 6.04 Å². The minimum atomic E-state index is 0.510. The average Bonchev–Trinajstić information content (AvgIpc) is 2.72. The monoisotopic (exact) mass is 217 g/mol. The van der Waals surface area contributed by atoms with Crippen LogP contribution in [0.15, 0.2) is 18.2 Å². The normalized spacial score (nSPS) is 16.5. The molecular weight excluding hydrogens is 194 g/mol. The van der Waals surface area contributed by atoms with Crippen LogP contribution in [0.2, 0.25) is 0 Å². The highest BCUT2D eigenvalue weighted by Crippen LogP contribution is 2.28. The summed E-state index contributed by atoms with van der Waals surface area (Å²) < 4.78 is 0. The lowest BCUT2D eigenvalue weighted by Crippen LogP contribution is -2.25. The van der Waals surface area contributed by atoms with E-state index in [1.165, 1.54) is 24.8 Å². The van der Waals surface area contributed by atoms with Crippen LogP contribution in [0.25, 0.3) is 0 Å². The summed E-state index contributed by atoms with van der Waals surface area (Å²) in [5.74, 6) is 0.652. The summed E-state index contributed by atoms with van der Waals surface area (Å²) in [4.78, 5) is 0. The summed E-state index contributed by atoms with van der Waals surface area (Å²) in [5, 5.41) is 3.59. The molecule has 1 heteroatoms. The Hall–Kier alpha value is -0.820. The van der Waals surface area contributed by atoms with E-state index < -0.39 is 0 Å². The predicted octanol–water partition coefficient (Wildman–Crippen LogP) is 3.48. The van der Waals surface area contributed by atoms with Crippen molar-refractivity contribution < 1.29 is 0 Å². The number of benzene rings is 1. The summed E-state index contributed by atoms with van der Waals surface area (Å²) >= 11 is 0. The van der Waals surface area contributed by atoms with E-state index in [0.717, 1.165) is 6.54 Å². The zero-order valence-corrected chi connectivity index (χ0v) is 10.7. The third-order valence-corrected chi connectivity index (χ3v) is 3.57. The molecular formula is C15H23N. The van der Waals surface area contributed by atoms with Gasteiger partial charge in [-0.25, -0.2) is 0 Å². The van der Waals surface area contributed by atoms with Crippen molar-refractivity contribution in [2.24, 2.45) is 5.92 Å². The van der Waals surface area contributed by atoms with Crippen LogP contribution in [0.5, 0.6) is 0 Å². The fraction of sp³-hybridized carbons (Fsp3) is 0.600. The molecule has 0 heterocycles. The van der Waals surface area contributed by atoms with Crippen molar-refractivity contribution in [3.8, 4) is 0 Å². The molecule has 0 aromatic heterocycles. The molecule has 1 aromatic rings. The Morgan fingerprint density at radius 1 is 1.19 bits per heavy atom. The second-order valence-electron chi connectivity index (χ2n) is 5.16. The predicted molar refractivity (Wildman–Crippen MR) is 69.7 cm³/mol. The standard InChI is InChI=1S/C15H23N/c1-4-16-15(11(2)3)14-9-8-12-6-5-7-13(12)10-14/h8-11,15-16H,4-7H2,1-3H3. The van der Waals surface area contributed by atoms with Crippen molar-refractivity contribution in [2.75, 3.05) is 6.54 Å². The van der Waals surface area contributed by atoms with Gasteiger partial charge in [0.1, 0.15) is 0 Å². The quantitative estimate of drug-likeness (QED) is 0.814. The number of nitrogens with one attached hydrogen (secondary N) is 1. The maximum Gasteiger partial charge on any atom is 0.0343 e. The molecule has 0 aliphatic heterocycles. The van der Waals surface area contributed by atoms with E-state index in [1.54, 1.807) is 11.1 Å². The van der Waals surface area contributed by atoms with E-state index in [0.29, 0.717) is 12.0 Å². The van der Waals surface area contributed by atoms with Crippen molar-refractivity contribution in [1.29, 1.82) is 0 Å². The van der Waals surface area contributed by atoms with E-state index in [2.05, 4.69) is 44.3 Å². The molecule has 1 N–H and O–H groups in total. The van der Waals surface area contributed by atoms with Gasteiger partial charge in [0.05, 0.1) is 0 Å². The fourth-order valence-electron chi connectivity index (χ4n) is 2.74. The van der Waals surface area contributed by atoms with Gasteiger partial charge in [0.25, 0.3) is 0 Å². The second-order valence-corrected chi connectivity index (χ2v) is 5.16. The van der Waals surface area contributed by atoms with E-state index in [1.807, 2.05) is 0 Å². The number of fused-ring (bicyclic) bond motifs is 1. The van der Waals surface area contributed by atoms with Crippen molar-refractivity contribution in [2.45, 2.75) is 46.1 Å². The molecule has 0 radical (unpaired) electrons. The van der Waals surface area contributed by atoms with Crippen LogP contribution in [-0.2, 0) is 12.8 Å². The smallest absolute Gasteiger partial charge is 0.0343 e. The first-order chi connectivity index (χ1) is 7.72. The highest BCUT2D eigenvalue weighted by atomic mass is 14.9. The number of aryl methyl sites for hydroxylation is 2. The Kier molecular flexibility index (Phi) is 3.65. The maximum absolute atomic E-state index is 3.59. The van der Waals surface area contributed by atoms with E-state index in [-0.39, 0.29) is 0 Å². The lowest BCUT2D eigenvalue weighted by Gasteiger charge is -2.23. The topological polar surface area (TPSA) is 12.0 Å². The van der Waals surface area contributed by atoms with Crippen LogP contribution in [0.4, 0.5) is 0 Å². The zero-order chi connectivity index (χ0) is 11.5. The van der Waals surface area contributed by atoms with Crippen molar-refractivity contribution in [3.05, 3.63) is 34.9 Å². The Balaban J connectivity index is 2.24. The van der Waals surface area contributed by atoms with Crippen LogP contribution in [0, 0.1) is 5.92 Å². The lowest BCUT2D eigenvalue weighted by atomic mass is 9.93. The largest absolute Gasteiger partial charge is 0.310 e. The Morgan fingerprint density at radius 2 is 1.94 bits per heavy atom. The molecule has 0 amide bonds. The molecule has 0 saturated carbocycles. The first-order valence-electron chi connectivity index (χ1n) is 6.57. The Morgan fingerprint density at radius 3 is 2.62 bits per heavy atom. The summed E-state index contributed by atoms with van der Waals surface area (Å²) in [6, 6.07) is 7.59. The number of hydrogen-bond acceptors (Lipinski definition) is 1. The maximum atomic E-state index is 3.59. The van der Waals surface area contributed by atoms with Crippen LogP contribution in [0.1, 0.15) is 49.9 Å². The molecule has 0 bridgehead atoms. The van der Waals surface area contributed by atoms with Crippen LogP contribution in [0.3, 0.4) is 0 Å². The van der Waals surface area contributed by atoms with Gasteiger partial charge in [0.15, 0.2) is 0 Å². The third-order valence-electron chi connectivity index (χ3n) is 3.57. The minimum absolute atomic E-state index is 0.510. The van der Waals surface area contributed by atoms with Crippen LogP contribution in [-0.4, -0.2) is 6.54 Å². The molecule has 1 aliphatic carbocycles. The van der Waals surface area contributed by atoms with Crippen LogP contribution >= 0.6 is 0 Å². The number of rotatable bonds is 4. The Labute approximate surface area is 99.3 Å². The first kappa shape index (κ1) is 11.7. The van der Waals surface area contributed by atoms with Gasteiger partial charge >= 0.3 is 0 Å². The van der Waals surface area contributed by atoms with Crippen molar-refractivity contribution >= 4 is 0 Å². The minimum Gasteiger partial charge on any atom is -0.310 e. The van der Waals surface area contributed by atoms with Crippen molar-refractivity contribution in [1.82, 2.24) is 5.32 Å². The fourth-order valence-corrected chi connectivity index (χ4v) is 2.74. The van der Waals surface area contributed by atoms with Crippen molar-refractivity contribution in [3.63, 3.8) is 0 Å². The summed E-state index contributed by atoms with van der Waals surface area (Å²) in [5.41, 5.74) is 4.63. The van der Waals surface area contributed by atoms with Gasteiger partial charge in [0.2, 0.25) is 0 Å². The molecule has 0 saturated heterocycles. The molecule has 1 nitrogen and oxygen atoms in total. The van der Waals surface area contributed by atoms with Gasteiger partial charge in [-0.2, -0.15) is 0 Å². The molecule has 1 aliphatic rings. The average molecular weight is 217 g/mol. The molecule has 0 spiro atoms. The zero-order valence-electron chi connectivity index (χ0n) is 10.7. The van der Waals surface area contributed by atoms with Gasteiger partial charge in [-0.1, -0.05) is 39.0 Å². The highest BCUT2D eigenvalue weighted by Gasteiger charge is 2.17. The third kappa shape index (κ3) is 2.30. The summed E-state index contributed by atoms with van der Waals surface area (Å²) in [6.07, 6.45) is 3.90.